The fourth-order valence-electron chi connectivity index (χ4n) is 0.625. The van der Waals surface area contributed by atoms with Crippen molar-refractivity contribution in [3.63, 3.8) is 0 Å². The van der Waals surface area contributed by atoms with E-state index in [1.54, 1.807) is 18.2 Å². The van der Waals surface area contributed by atoms with Gasteiger partial charge in [-0.05, 0) is 12.1 Å². The highest BCUT2D eigenvalue weighted by molar-refractivity contribution is 5.49. The van der Waals surface area contributed by atoms with Crippen LogP contribution in [0.1, 0.15) is 0 Å². The molecule has 0 aliphatic carbocycles. The van der Waals surface area contributed by atoms with Crippen LogP contribution in [0.4, 0.5) is 5.69 Å². The lowest BCUT2D eigenvalue weighted by Gasteiger charge is -1.92. The molecule has 0 aromatic heterocycles. The first-order valence-electron chi connectivity index (χ1n) is 2.92. The number of azo groups is 1. The van der Waals surface area contributed by atoms with Crippen LogP contribution in [0, 0.1) is 11.5 Å². The summed E-state index contributed by atoms with van der Waals surface area (Å²) < 4.78 is 0. The molecule has 0 fully saturated rings. The number of nitrogens with zero attached hydrogens (tertiary/aromatic N) is 3. The summed E-state index contributed by atoms with van der Waals surface area (Å²) in [5, 5.41) is 23.6. The van der Waals surface area contributed by atoms with Gasteiger partial charge in [0.2, 0.25) is 6.19 Å². The van der Waals surface area contributed by atoms with Gasteiger partial charge in [-0.2, -0.15) is 5.26 Å². The van der Waals surface area contributed by atoms with Crippen molar-refractivity contribution in [2.24, 2.45) is 10.2 Å². The minimum absolute atomic E-state index is 0.0199. The molecule has 0 spiro atoms. The lowest BCUT2D eigenvalue weighted by Crippen LogP contribution is -1.64. The number of hydrogen-bond acceptors (Lipinski definition) is 4. The SMILES string of the molecule is N#C/N=N/c1ccccc1O. The third kappa shape index (κ3) is 1.76. The van der Waals surface area contributed by atoms with Gasteiger partial charge in [0, 0.05) is 0 Å². The average molecular weight is 147 g/mol. The summed E-state index contributed by atoms with van der Waals surface area (Å²) in [6.07, 6.45) is 1.49. The molecule has 4 heteroatoms. The Morgan fingerprint density at radius 2 is 2.09 bits per heavy atom. The van der Waals surface area contributed by atoms with Gasteiger partial charge in [0.25, 0.3) is 0 Å². The molecule has 1 rings (SSSR count). The molecule has 0 aliphatic heterocycles. The van der Waals surface area contributed by atoms with Crippen LogP contribution in [0.15, 0.2) is 34.5 Å². The Balaban J connectivity index is 2.97. The van der Waals surface area contributed by atoms with E-state index in [1.807, 2.05) is 0 Å². The number of phenols is 1. The van der Waals surface area contributed by atoms with Crippen LogP contribution in [0.5, 0.6) is 5.75 Å². The minimum atomic E-state index is 0.0199. The molecule has 54 valence electrons. The van der Waals surface area contributed by atoms with E-state index in [-0.39, 0.29) is 5.75 Å². The maximum atomic E-state index is 9.07. The van der Waals surface area contributed by atoms with Crippen LogP contribution in [0.3, 0.4) is 0 Å². The molecule has 1 aromatic carbocycles. The van der Waals surface area contributed by atoms with E-state index in [9.17, 15) is 0 Å². The molecule has 0 unspecified atom stereocenters. The molecule has 0 aliphatic rings. The molecule has 0 bridgehead atoms. The Hall–Kier alpha value is -1.89. The van der Waals surface area contributed by atoms with Crippen molar-refractivity contribution < 1.29 is 5.11 Å². The van der Waals surface area contributed by atoms with E-state index in [1.165, 1.54) is 12.3 Å². The third-order valence-corrected chi connectivity index (χ3v) is 1.08. The molecule has 0 amide bonds. The Morgan fingerprint density at radius 3 is 2.73 bits per heavy atom. The van der Waals surface area contributed by atoms with E-state index in [2.05, 4.69) is 10.2 Å². The molecular weight excluding hydrogens is 142 g/mol. The zero-order chi connectivity index (χ0) is 8.10. The number of rotatable bonds is 1. The van der Waals surface area contributed by atoms with Gasteiger partial charge in [-0.15, -0.1) is 5.11 Å². The van der Waals surface area contributed by atoms with Crippen LogP contribution in [0.25, 0.3) is 0 Å². The summed E-state index contributed by atoms with van der Waals surface area (Å²) in [4.78, 5) is 0. The number of hydrogen-bond donors (Lipinski definition) is 1. The van der Waals surface area contributed by atoms with Gasteiger partial charge in [-0.25, -0.2) is 0 Å². The number of aromatic hydroxyl groups is 1. The van der Waals surface area contributed by atoms with Gasteiger partial charge in [0.1, 0.15) is 11.4 Å². The normalized spacial score (nSPS) is 9.73. The van der Waals surface area contributed by atoms with Gasteiger partial charge in [-0.1, -0.05) is 17.2 Å². The Kier molecular flexibility index (Phi) is 2.18. The van der Waals surface area contributed by atoms with Crippen LogP contribution < -0.4 is 0 Å². The van der Waals surface area contributed by atoms with Crippen molar-refractivity contribution in [2.75, 3.05) is 0 Å². The second-order valence-electron chi connectivity index (χ2n) is 1.79. The quantitative estimate of drug-likeness (QED) is 0.487. The highest BCUT2D eigenvalue weighted by Crippen LogP contribution is 2.24. The van der Waals surface area contributed by atoms with Gasteiger partial charge < -0.3 is 5.11 Å². The molecule has 0 atom stereocenters. The van der Waals surface area contributed by atoms with Crippen molar-refractivity contribution in [1.82, 2.24) is 0 Å². The van der Waals surface area contributed by atoms with E-state index in [0.29, 0.717) is 5.69 Å². The van der Waals surface area contributed by atoms with Crippen LogP contribution in [-0.4, -0.2) is 5.11 Å². The summed E-state index contributed by atoms with van der Waals surface area (Å²) in [5.41, 5.74) is 0.300. The van der Waals surface area contributed by atoms with Gasteiger partial charge in [0.05, 0.1) is 0 Å². The fraction of sp³-hybridized carbons (Fsp3) is 0. The second-order valence-corrected chi connectivity index (χ2v) is 1.79. The molecule has 11 heavy (non-hydrogen) atoms. The van der Waals surface area contributed by atoms with Crippen molar-refractivity contribution in [3.8, 4) is 11.9 Å². The predicted octanol–water partition coefficient (Wildman–Crippen LogP) is 1.96. The fourth-order valence-corrected chi connectivity index (χ4v) is 0.625. The number of benzene rings is 1. The molecule has 0 radical (unpaired) electrons. The maximum Gasteiger partial charge on any atom is 0.226 e. The molecule has 0 saturated heterocycles. The van der Waals surface area contributed by atoms with E-state index < -0.39 is 0 Å². The van der Waals surface area contributed by atoms with Gasteiger partial charge >= 0.3 is 0 Å². The highest BCUT2D eigenvalue weighted by Gasteiger charge is 1.94. The Morgan fingerprint density at radius 1 is 1.36 bits per heavy atom. The molecule has 1 N–H and O–H groups in total. The van der Waals surface area contributed by atoms with Crippen LogP contribution >= 0.6 is 0 Å². The highest BCUT2D eigenvalue weighted by atomic mass is 16.3. The summed E-state index contributed by atoms with van der Waals surface area (Å²) in [6.45, 7) is 0. The van der Waals surface area contributed by atoms with Crippen molar-refractivity contribution >= 4 is 5.69 Å². The smallest absolute Gasteiger partial charge is 0.226 e. The largest absolute Gasteiger partial charge is 0.506 e. The summed E-state index contributed by atoms with van der Waals surface area (Å²) in [7, 11) is 0. The van der Waals surface area contributed by atoms with Crippen molar-refractivity contribution in [3.05, 3.63) is 24.3 Å². The Bertz CT molecular complexity index is 314. The molecule has 0 saturated carbocycles. The van der Waals surface area contributed by atoms with Crippen molar-refractivity contribution in [1.29, 1.82) is 5.26 Å². The summed E-state index contributed by atoms with van der Waals surface area (Å²) in [6, 6.07) is 6.41. The monoisotopic (exact) mass is 147 g/mol. The number of nitriles is 1. The van der Waals surface area contributed by atoms with Gasteiger partial charge in [0.15, 0.2) is 0 Å². The minimum Gasteiger partial charge on any atom is -0.506 e. The zero-order valence-corrected chi connectivity index (χ0v) is 5.60. The van der Waals surface area contributed by atoms with Crippen LogP contribution in [0.2, 0.25) is 0 Å². The van der Waals surface area contributed by atoms with Crippen LogP contribution in [-0.2, 0) is 0 Å². The zero-order valence-electron chi connectivity index (χ0n) is 5.60. The average Bonchev–Trinajstić information content (AvgIpc) is 2.03. The third-order valence-electron chi connectivity index (χ3n) is 1.08. The molecule has 0 heterocycles. The summed E-state index contributed by atoms with van der Waals surface area (Å²) >= 11 is 0. The topological polar surface area (TPSA) is 68.7 Å². The second kappa shape index (κ2) is 3.32. The lowest BCUT2D eigenvalue weighted by molar-refractivity contribution is 0.476. The van der Waals surface area contributed by atoms with Gasteiger partial charge in [-0.3, -0.25) is 0 Å². The first-order valence-corrected chi connectivity index (χ1v) is 2.92. The maximum absolute atomic E-state index is 9.07. The first kappa shape index (κ1) is 7.22. The summed E-state index contributed by atoms with van der Waals surface area (Å²) in [5.74, 6) is 0.0199. The van der Waals surface area contributed by atoms with Crippen molar-refractivity contribution in [2.45, 2.75) is 0 Å². The first-order chi connectivity index (χ1) is 5.34. The van der Waals surface area contributed by atoms with E-state index >= 15 is 0 Å². The Labute approximate surface area is 63.4 Å². The van der Waals surface area contributed by atoms with E-state index in [0.717, 1.165) is 0 Å². The molecule has 4 nitrogen and oxygen atoms in total. The van der Waals surface area contributed by atoms with E-state index in [4.69, 9.17) is 10.4 Å². The predicted molar refractivity (Wildman–Crippen MR) is 38.2 cm³/mol. The standard InChI is InChI=1S/C7H5N3O/c8-5-9-10-6-3-1-2-4-7(6)11/h1-4,11H/b10-9+. The molecular formula is C7H5N3O. The number of para-hydroxylation sites is 1. The lowest BCUT2D eigenvalue weighted by atomic mass is 10.3. The molecule has 1 aromatic rings. The number of phenolic OH excluding ortho intramolecular Hbond substituents is 1.